The van der Waals surface area contributed by atoms with E-state index in [0.717, 1.165) is 0 Å². The summed E-state index contributed by atoms with van der Waals surface area (Å²) in [6, 6.07) is 18.4. The van der Waals surface area contributed by atoms with Gasteiger partial charge < -0.3 is 0 Å². The lowest BCUT2D eigenvalue weighted by Gasteiger charge is -2.29. The molecule has 0 saturated heterocycles. The molecule has 0 radical (unpaired) electrons. The first-order valence-electron chi connectivity index (χ1n) is 13.1. The standard InChI is InChI=1S/C34H32S3/c1-17-9-11-21(12-10-17)24-13-14-25(36-24)26-16-23-32(37-26)28-20(4)29-27(19(3)30(28)34(23,7)8)31-22(33(29,5)6)15-18(2)35-31/h9-16H,1-8H3. The zero-order chi connectivity index (χ0) is 26.0. The number of benzene rings is 2. The molecular weight excluding hydrogens is 505 g/mol. The van der Waals surface area contributed by atoms with Crippen LogP contribution in [0.15, 0.2) is 48.5 Å². The summed E-state index contributed by atoms with van der Waals surface area (Å²) in [7, 11) is 0. The van der Waals surface area contributed by atoms with E-state index in [9.17, 15) is 0 Å². The van der Waals surface area contributed by atoms with Crippen LogP contribution in [0.3, 0.4) is 0 Å². The normalized spacial score (nSPS) is 16.0. The molecule has 186 valence electrons. The first kappa shape index (κ1) is 23.6. The maximum atomic E-state index is 2.50. The molecule has 37 heavy (non-hydrogen) atoms. The average Bonchev–Trinajstić information content (AvgIpc) is 3.62. The van der Waals surface area contributed by atoms with Gasteiger partial charge in [0.15, 0.2) is 0 Å². The van der Waals surface area contributed by atoms with Crippen LogP contribution < -0.4 is 0 Å². The minimum atomic E-state index is -0.000460. The molecule has 0 atom stereocenters. The van der Waals surface area contributed by atoms with E-state index in [2.05, 4.69) is 104 Å². The van der Waals surface area contributed by atoms with Gasteiger partial charge in [-0.2, -0.15) is 0 Å². The Hall–Kier alpha value is -2.46. The summed E-state index contributed by atoms with van der Waals surface area (Å²) in [5.41, 5.74) is 14.8. The third kappa shape index (κ3) is 3.05. The molecule has 0 saturated carbocycles. The van der Waals surface area contributed by atoms with E-state index in [1.807, 2.05) is 34.0 Å². The largest absolute Gasteiger partial charge is 0.140 e. The molecule has 5 aromatic rings. The van der Waals surface area contributed by atoms with Gasteiger partial charge in [0, 0.05) is 40.1 Å². The fourth-order valence-electron chi connectivity index (χ4n) is 7.07. The van der Waals surface area contributed by atoms with Crippen LogP contribution in [0.4, 0.5) is 0 Å². The molecule has 0 nitrogen and oxygen atoms in total. The Morgan fingerprint density at radius 3 is 1.70 bits per heavy atom. The predicted octanol–water partition coefficient (Wildman–Crippen LogP) is 11.1. The van der Waals surface area contributed by atoms with Gasteiger partial charge in [-0.05, 0) is 102 Å². The van der Waals surface area contributed by atoms with Crippen LogP contribution >= 0.6 is 34.0 Å². The maximum Gasteiger partial charge on any atom is 0.0452 e. The van der Waals surface area contributed by atoms with Crippen LogP contribution in [0.5, 0.6) is 0 Å². The fraction of sp³-hybridized carbons (Fsp3) is 0.294. The zero-order valence-electron chi connectivity index (χ0n) is 22.8. The van der Waals surface area contributed by atoms with Crippen molar-refractivity contribution in [2.75, 3.05) is 0 Å². The van der Waals surface area contributed by atoms with Gasteiger partial charge in [-0.25, -0.2) is 0 Å². The maximum absolute atomic E-state index is 2.50. The third-order valence-electron chi connectivity index (χ3n) is 8.82. The monoisotopic (exact) mass is 536 g/mol. The number of hydrogen-bond donors (Lipinski definition) is 0. The van der Waals surface area contributed by atoms with Gasteiger partial charge in [0.1, 0.15) is 0 Å². The van der Waals surface area contributed by atoms with Gasteiger partial charge in [0.2, 0.25) is 0 Å². The second-order valence-corrected chi connectivity index (χ2v) is 15.4. The first-order valence-corrected chi connectivity index (χ1v) is 15.6. The summed E-state index contributed by atoms with van der Waals surface area (Å²) < 4.78 is 0. The van der Waals surface area contributed by atoms with E-state index in [0.29, 0.717) is 0 Å². The summed E-state index contributed by atoms with van der Waals surface area (Å²) in [6.07, 6.45) is 0. The van der Waals surface area contributed by atoms with E-state index in [-0.39, 0.29) is 10.8 Å². The van der Waals surface area contributed by atoms with Gasteiger partial charge in [0.25, 0.3) is 0 Å². The Morgan fingerprint density at radius 2 is 1.08 bits per heavy atom. The van der Waals surface area contributed by atoms with Crippen molar-refractivity contribution in [3.63, 3.8) is 0 Å². The van der Waals surface area contributed by atoms with Crippen molar-refractivity contribution in [3.05, 3.63) is 92.4 Å². The van der Waals surface area contributed by atoms with Crippen molar-refractivity contribution >= 4 is 34.0 Å². The van der Waals surface area contributed by atoms with Gasteiger partial charge in [0.05, 0.1) is 0 Å². The second kappa shape index (κ2) is 7.56. The second-order valence-electron chi connectivity index (χ2n) is 12.0. The predicted molar refractivity (Wildman–Crippen MR) is 165 cm³/mol. The highest BCUT2D eigenvalue weighted by Crippen LogP contribution is 2.63. The summed E-state index contributed by atoms with van der Waals surface area (Å²) >= 11 is 5.90. The minimum Gasteiger partial charge on any atom is -0.140 e. The Balaban J connectivity index is 1.41. The van der Waals surface area contributed by atoms with Crippen molar-refractivity contribution in [2.24, 2.45) is 0 Å². The van der Waals surface area contributed by atoms with Crippen LogP contribution in [0.25, 0.3) is 41.1 Å². The molecule has 0 unspecified atom stereocenters. The molecule has 3 heterocycles. The van der Waals surface area contributed by atoms with Crippen molar-refractivity contribution in [1.82, 2.24) is 0 Å². The van der Waals surface area contributed by atoms with Crippen molar-refractivity contribution < 1.29 is 0 Å². The zero-order valence-corrected chi connectivity index (χ0v) is 25.3. The quantitative estimate of drug-likeness (QED) is 0.210. The number of hydrogen-bond acceptors (Lipinski definition) is 3. The molecule has 2 aliphatic carbocycles. The molecule has 0 aliphatic heterocycles. The van der Waals surface area contributed by atoms with Gasteiger partial charge >= 0.3 is 0 Å². The molecule has 3 aromatic heterocycles. The topological polar surface area (TPSA) is 0 Å². The summed E-state index contributed by atoms with van der Waals surface area (Å²) in [5, 5.41) is 0. The number of thiophene rings is 3. The Bertz CT molecular complexity index is 1750. The fourth-order valence-corrected chi connectivity index (χ4v) is 10.9. The number of fused-ring (bicyclic) bond motifs is 6. The molecule has 0 amide bonds. The third-order valence-corrected chi connectivity index (χ3v) is 12.4. The van der Waals surface area contributed by atoms with Crippen molar-refractivity contribution in [3.8, 4) is 41.1 Å². The molecule has 0 N–H and O–H groups in total. The summed E-state index contributed by atoms with van der Waals surface area (Å²) in [5.74, 6) is 0. The van der Waals surface area contributed by atoms with Gasteiger partial charge in [-0.1, -0.05) is 57.5 Å². The van der Waals surface area contributed by atoms with E-state index < -0.39 is 0 Å². The molecule has 3 heteroatoms. The minimum absolute atomic E-state index is 0.000460. The van der Waals surface area contributed by atoms with E-state index in [1.165, 1.54) is 73.8 Å². The highest BCUT2D eigenvalue weighted by atomic mass is 32.1. The molecule has 2 aliphatic rings. The average molecular weight is 537 g/mol. The lowest BCUT2D eigenvalue weighted by molar-refractivity contribution is 0.646. The van der Waals surface area contributed by atoms with Crippen LogP contribution in [0.2, 0.25) is 0 Å². The van der Waals surface area contributed by atoms with Crippen molar-refractivity contribution in [1.29, 1.82) is 0 Å². The summed E-state index contributed by atoms with van der Waals surface area (Å²) in [6.45, 7) is 18.9. The van der Waals surface area contributed by atoms with Crippen LogP contribution in [-0.2, 0) is 10.8 Å². The van der Waals surface area contributed by atoms with E-state index in [4.69, 9.17) is 0 Å². The summed E-state index contributed by atoms with van der Waals surface area (Å²) in [4.78, 5) is 8.54. The van der Waals surface area contributed by atoms with Crippen LogP contribution in [0, 0.1) is 27.7 Å². The van der Waals surface area contributed by atoms with Crippen molar-refractivity contribution in [2.45, 2.75) is 66.2 Å². The van der Waals surface area contributed by atoms with Crippen LogP contribution in [0.1, 0.15) is 71.5 Å². The van der Waals surface area contributed by atoms with Gasteiger partial charge in [-0.15, -0.1) is 34.0 Å². The van der Waals surface area contributed by atoms with Crippen LogP contribution in [-0.4, -0.2) is 0 Å². The Kier molecular flexibility index (Phi) is 4.83. The number of aryl methyl sites for hydroxylation is 2. The first-order chi connectivity index (χ1) is 17.5. The van der Waals surface area contributed by atoms with E-state index >= 15 is 0 Å². The lowest BCUT2D eigenvalue weighted by Crippen LogP contribution is -2.20. The number of rotatable bonds is 2. The molecule has 0 spiro atoms. The SMILES string of the molecule is Cc1ccc(-c2ccc(-c3cc4c(s3)-c3c(C)c5c(c(C)c3C4(C)C)-c3sc(C)cc3C5(C)C)s2)cc1. The lowest BCUT2D eigenvalue weighted by atomic mass is 9.74. The molecule has 7 rings (SSSR count). The Morgan fingerprint density at radius 1 is 0.541 bits per heavy atom. The smallest absolute Gasteiger partial charge is 0.0452 e. The molecular formula is C34H32S3. The molecule has 2 aromatic carbocycles. The van der Waals surface area contributed by atoms with Gasteiger partial charge in [-0.3, -0.25) is 0 Å². The Labute approximate surface area is 232 Å². The highest BCUT2D eigenvalue weighted by molar-refractivity contribution is 7.25. The molecule has 0 bridgehead atoms. The van der Waals surface area contributed by atoms with E-state index in [1.54, 1.807) is 11.1 Å². The highest BCUT2D eigenvalue weighted by Gasteiger charge is 2.46. The molecule has 0 fully saturated rings.